The maximum atomic E-state index is 12.2. The van der Waals surface area contributed by atoms with Gasteiger partial charge in [0.2, 0.25) is 0 Å². The van der Waals surface area contributed by atoms with E-state index >= 15 is 0 Å². The molecule has 51 heavy (non-hydrogen) atoms. The molecule has 1 unspecified atom stereocenters. The van der Waals surface area contributed by atoms with Gasteiger partial charge in [0.25, 0.3) is 0 Å². The lowest BCUT2D eigenvalue weighted by atomic mass is 10.1. The van der Waals surface area contributed by atoms with E-state index in [0.717, 1.165) is 32.1 Å². The minimum atomic E-state index is -0.542. The van der Waals surface area contributed by atoms with Crippen LogP contribution in [-0.4, -0.2) is 37.0 Å². The fourth-order valence-corrected chi connectivity index (χ4v) is 6.27. The van der Waals surface area contributed by atoms with Crippen molar-refractivity contribution in [3.05, 3.63) is 48.6 Å². The first kappa shape index (κ1) is 49.4. The molecule has 0 saturated carbocycles. The molecule has 0 spiro atoms. The highest BCUT2D eigenvalue weighted by Gasteiger charge is 2.13. The minimum absolute atomic E-state index is 0.177. The summed E-state index contributed by atoms with van der Waals surface area (Å²) in [4.78, 5) is 12.2. The van der Waals surface area contributed by atoms with Crippen molar-refractivity contribution in [1.29, 1.82) is 0 Å². The quantitative estimate of drug-likeness (QED) is 0.0389. The Hall–Kier alpha value is -1.65. The molecule has 0 aliphatic heterocycles. The minimum Gasteiger partial charge on any atom is -0.457 e. The van der Waals surface area contributed by atoms with Gasteiger partial charge in [0.1, 0.15) is 6.10 Å². The highest BCUT2D eigenvalue weighted by atomic mass is 16.6. The Morgan fingerprint density at radius 1 is 0.471 bits per heavy atom. The maximum absolute atomic E-state index is 12.2. The summed E-state index contributed by atoms with van der Waals surface area (Å²) in [6.45, 7) is 5.32. The molecule has 0 rings (SSSR count). The predicted octanol–water partition coefficient (Wildman–Crippen LogP) is 14.7. The Balaban J connectivity index is 3.46. The second-order valence-corrected chi connectivity index (χ2v) is 14.8. The molecule has 1 atom stereocenters. The van der Waals surface area contributed by atoms with Crippen molar-refractivity contribution >= 4 is 5.97 Å². The zero-order valence-electron chi connectivity index (χ0n) is 34.1. The number of allylic oxidation sites excluding steroid dienone is 8. The molecular weight excluding hydrogens is 629 g/mol. The van der Waals surface area contributed by atoms with Crippen molar-refractivity contribution in [2.45, 2.75) is 225 Å². The van der Waals surface area contributed by atoms with E-state index in [1.165, 1.54) is 167 Å². The number of hydrogen-bond donors (Lipinski definition) is 1. The van der Waals surface area contributed by atoms with Crippen LogP contribution in [0, 0.1) is 0 Å². The van der Waals surface area contributed by atoms with Gasteiger partial charge in [-0.1, -0.05) is 184 Å². The van der Waals surface area contributed by atoms with E-state index in [1.54, 1.807) is 0 Å². The fourth-order valence-electron chi connectivity index (χ4n) is 6.27. The molecule has 0 fully saturated rings. The van der Waals surface area contributed by atoms with Crippen LogP contribution in [0.2, 0.25) is 0 Å². The lowest BCUT2D eigenvalue weighted by Gasteiger charge is -2.15. The highest BCUT2D eigenvalue weighted by Crippen LogP contribution is 2.13. The molecule has 0 aromatic carbocycles. The number of aliphatic hydroxyl groups excluding tert-OH is 1. The first-order valence-corrected chi connectivity index (χ1v) is 22.2. The summed E-state index contributed by atoms with van der Waals surface area (Å²) in [7, 11) is 0. The molecule has 0 aliphatic carbocycles. The van der Waals surface area contributed by atoms with Crippen LogP contribution in [0.1, 0.15) is 219 Å². The van der Waals surface area contributed by atoms with Crippen LogP contribution in [0.25, 0.3) is 0 Å². The Bertz CT molecular complexity index is 798. The van der Waals surface area contributed by atoms with Gasteiger partial charge in [-0.3, -0.25) is 4.79 Å². The third-order valence-electron chi connectivity index (χ3n) is 9.63. The predicted molar refractivity (Wildman–Crippen MR) is 223 cm³/mol. The van der Waals surface area contributed by atoms with Gasteiger partial charge in [0.05, 0.1) is 13.2 Å². The summed E-state index contributed by atoms with van der Waals surface area (Å²) in [6.07, 6.45) is 57.4. The van der Waals surface area contributed by atoms with Gasteiger partial charge < -0.3 is 14.6 Å². The molecular formula is C47H86O4. The number of aliphatic hydroxyl groups is 1. The molecule has 0 heterocycles. The van der Waals surface area contributed by atoms with Crippen LogP contribution in [0.3, 0.4) is 0 Å². The summed E-state index contributed by atoms with van der Waals surface area (Å²) in [5.74, 6) is -0.209. The van der Waals surface area contributed by atoms with E-state index in [9.17, 15) is 9.90 Å². The maximum Gasteiger partial charge on any atom is 0.306 e. The van der Waals surface area contributed by atoms with E-state index in [0.29, 0.717) is 13.0 Å². The topological polar surface area (TPSA) is 55.8 Å². The number of carbonyl (C=O) groups is 1. The van der Waals surface area contributed by atoms with Gasteiger partial charge in [0, 0.05) is 13.0 Å². The van der Waals surface area contributed by atoms with E-state index in [1.807, 2.05) is 0 Å². The largest absolute Gasteiger partial charge is 0.457 e. The number of rotatable bonds is 41. The van der Waals surface area contributed by atoms with Gasteiger partial charge in [0.15, 0.2) is 0 Å². The molecule has 0 radical (unpaired) electrons. The summed E-state index contributed by atoms with van der Waals surface area (Å²) in [5, 5.41) is 9.60. The van der Waals surface area contributed by atoms with Gasteiger partial charge >= 0.3 is 5.97 Å². The van der Waals surface area contributed by atoms with Gasteiger partial charge in [-0.05, 0) is 77.0 Å². The molecule has 0 bridgehead atoms. The van der Waals surface area contributed by atoms with E-state index in [2.05, 4.69) is 62.5 Å². The van der Waals surface area contributed by atoms with Gasteiger partial charge in [-0.15, -0.1) is 0 Å². The second-order valence-electron chi connectivity index (χ2n) is 14.8. The van der Waals surface area contributed by atoms with Crippen molar-refractivity contribution in [2.75, 3.05) is 19.8 Å². The molecule has 4 heteroatoms. The van der Waals surface area contributed by atoms with Crippen LogP contribution >= 0.6 is 0 Å². The van der Waals surface area contributed by atoms with Crippen molar-refractivity contribution in [3.8, 4) is 0 Å². The zero-order chi connectivity index (χ0) is 37.0. The summed E-state index contributed by atoms with van der Waals surface area (Å²) < 4.78 is 11.2. The summed E-state index contributed by atoms with van der Waals surface area (Å²) >= 11 is 0. The lowest BCUT2D eigenvalue weighted by molar-refractivity contribution is -0.154. The Morgan fingerprint density at radius 3 is 1.25 bits per heavy atom. The summed E-state index contributed by atoms with van der Waals surface area (Å²) in [6, 6.07) is 0. The van der Waals surface area contributed by atoms with E-state index in [4.69, 9.17) is 9.47 Å². The Kier molecular flexibility index (Phi) is 43.1. The van der Waals surface area contributed by atoms with Crippen molar-refractivity contribution in [3.63, 3.8) is 0 Å². The highest BCUT2D eigenvalue weighted by molar-refractivity contribution is 5.69. The SMILES string of the molecule is CCCCCCC/C=C\C/C=C\C/C=C\CCCCCCCCCCC(=O)OC(CO)COCCCCCCCC/C=C\CCCCCCCC. The number of ether oxygens (including phenoxy) is 2. The molecule has 0 aromatic rings. The van der Waals surface area contributed by atoms with Crippen LogP contribution in [0.15, 0.2) is 48.6 Å². The average molecular weight is 715 g/mol. The molecule has 1 N–H and O–H groups in total. The smallest absolute Gasteiger partial charge is 0.306 e. The number of hydrogen-bond acceptors (Lipinski definition) is 4. The van der Waals surface area contributed by atoms with Crippen LogP contribution < -0.4 is 0 Å². The van der Waals surface area contributed by atoms with Crippen LogP contribution in [0.4, 0.5) is 0 Å². The number of unbranched alkanes of at least 4 members (excludes halogenated alkanes) is 25. The van der Waals surface area contributed by atoms with E-state index in [-0.39, 0.29) is 19.2 Å². The fraction of sp³-hybridized carbons (Fsp3) is 0.809. The van der Waals surface area contributed by atoms with Gasteiger partial charge in [-0.2, -0.15) is 0 Å². The second kappa shape index (κ2) is 44.5. The van der Waals surface area contributed by atoms with Crippen LogP contribution in [0.5, 0.6) is 0 Å². The molecule has 4 nitrogen and oxygen atoms in total. The lowest BCUT2D eigenvalue weighted by Crippen LogP contribution is -2.27. The summed E-state index contributed by atoms with van der Waals surface area (Å²) in [5.41, 5.74) is 0. The Morgan fingerprint density at radius 2 is 0.824 bits per heavy atom. The average Bonchev–Trinajstić information content (AvgIpc) is 3.14. The molecule has 0 amide bonds. The van der Waals surface area contributed by atoms with Crippen molar-refractivity contribution in [1.82, 2.24) is 0 Å². The van der Waals surface area contributed by atoms with Crippen molar-refractivity contribution < 1.29 is 19.4 Å². The number of carbonyl (C=O) groups excluding carboxylic acids is 1. The Labute approximate surface area is 318 Å². The number of esters is 1. The normalized spacial score (nSPS) is 12.8. The molecule has 0 aliphatic rings. The molecule has 0 aromatic heterocycles. The molecule has 0 saturated heterocycles. The first-order valence-electron chi connectivity index (χ1n) is 22.2. The third-order valence-corrected chi connectivity index (χ3v) is 9.63. The van der Waals surface area contributed by atoms with Gasteiger partial charge in [-0.25, -0.2) is 0 Å². The third kappa shape index (κ3) is 42.7. The zero-order valence-corrected chi connectivity index (χ0v) is 34.1. The first-order chi connectivity index (χ1) is 25.2. The van der Waals surface area contributed by atoms with Crippen LogP contribution in [-0.2, 0) is 14.3 Å². The molecule has 298 valence electrons. The monoisotopic (exact) mass is 715 g/mol. The standard InChI is InChI=1S/C47H86O4/c1-3-5-7-9-11-13-15-17-19-21-22-23-24-25-26-27-28-30-32-34-36-38-40-42-47(49)51-46(44-48)45-50-43-41-39-37-35-33-31-29-20-18-16-14-12-10-8-6-4-2/h15,17-18,20-22,24-25,46,48H,3-14,16,19,23,26-45H2,1-2H3/b17-15-,20-18-,22-21-,25-24-. The van der Waals surface area contributed by atoms with Crippen molar-refractivity contribution in [2.24, 2.45) is 0 Å². The van der Waals surface area contributed by atoms with E-state index < -0.39 is 6.10 Å².